The maximum absolute atomic E-state index is 13.6. The first-order valence-electron chi connectivity index (χ1n) is 14.9. The molecule has 1 N–H and O–H groups in total. The van der Waals surface area contributed by atoms with Gasteiger partial charge in [0.15, 0.2) is 11.7 Å². The van der Waals surface area contributed by atoms with E-state index in [9.17, 15) is 14.7 Å². The number of benzene rings is 1. The van der Waals surface area contributed by atoms with Crippen LogP contribution in [-0.4, -0.2) is 49.5 Å². The van der Waals surface area contributed by atoms with E-state index in [-0.39, 0.29) is 12.5 Å². The van der Waals surface area contributed by atoms with E-state index in [1.807, 2.05) is 30.9 Å². The number of carbonyl (C=O) groups is 2. The Morgan fingerprint density at radius 1 is 1.00 bits per heavy atom. The van der Waals surface area contributed by atoms with Gasteiger partial charge in [0.2, 0.25) is 5.91 Å². The lowest BCUT2D eigenvalue weighted by atomic mass is 9.83. The lowest BCUT2D eigenvalue weighted by Crippen LogP contribution is -2.31. The second-order valence-electron chi connectivity index (χ2n) is 11.7. The molecular formula is C33H34N4O4S. The number of hydrogen-bond acceptors (Lipinski definition) is 6. The number of aromatic carboxylic acids is 1. The molecule has 1 aromatic carbocycles. The third-order valence-electron chi connectivity index (χ3n) is 8.85. The molecule has 1 aliphatic heterocycles. The summed E-state index contributed by atoms with van der Waals surface area (Å²) in [5, 5.41) is 10.9. The quantitative estimate of drug-likeness (QED) is 0.222. The summed E-state index contributed by atoms with van der Waals surface area (Å²) in [6.45, 7) is 5.53. The van der Waals surface area contributed by atoms with Gasteiger partial charge in [-0.15, -0.1) is 11.3 Å². The molecule has 7 rings (SSSR count). The highest BCUT2D eigenvalue weighted by Crippen LogP contribution is 2.47. The number of likely N-dealkylation sites (tertiary alicyclic amines) is 1. The molecule has 1 amide bonds. The first-order valence-corrected chi connectivity index (χ1v) is 15.7. The molecule has 0 radical (unpaired) electrons. The maximum atomic E-state index is 13.6. The Labute approximate surface area is 248 Å². The lowest BCUT2D eigenvalue weighted by Gasteiger charge is -2.24. The monoisotopic (exact) mass is 582 g/mol. The molecule has 42 heavy (non-hydrogen) atoms. The summed E-state index contributed by atoms with van der Waals surface area (Å²) in [5.74, 6) is 0.795. The van der Waals surface area contributed by atoms with Crippen LogP contribution in [0.15, 0.2) is 40.8 Å². The predicted octanol–water partition coefficient (Wildman–Crippen LogP) is 7.56. The number of carbonyl (C=O) groups excluding carboxylic acids is 1. The summed E-state index contributed by atoms with van der Waals surface area (Å²) in [6.07, 6.45) is 7.74. The van der Waals surface area contributed by atoms with E-state index in [1.54, 1.807) is 6.07 Å². The summed E-state index contributed by atoms with van der Waals surface area (Å²) in [5.41, 5.74) is 6.54. The Kier molecular flexibility index (Phi) is 6.85. The third-order valence-corrected chi connectivity index (χ3v) is 9.99. The average Bonchev–Trinajstić information content (AvgIpc) is 3.78. The van der Waals surface area contributed by atoms with Crippen LogP contribution in [-0.2, 0) is 11.3 Å². The molecular weight excluding hydrogens is 548 g/mol. The number of oxazole rings is 1. The second kappa shape index (κ2) is 10.7. The van der Waals surface area contributed by atoms with Crippen LogP contribution in [0.4, 0.5) is 0 Å². The minimum Gasteiger partial charge on any atom is -0.477 e. The molecule has 5 heterocycles. The van der Waals surface area contributed by atoms with Crippen molar-refractivity contribution < 1.29 is 19.1 Å². The smallest absolute Gasteiger partial charge is 0.345 e. The highest BCUT2D eigenvalue weighted by atomic mass is 32.1. The zero-order valence-corrected chi connectivity index (χ0v) is 24.8. The zero-order valence-electron chi connectivity index (χ0n) is 24.0. The summed E-state index contributed by atoms with van der Waals surface area (Å²) in [4.78, 5) is 37.2. The SMILES string of the molecule is Cc1nc(C)c(-c2ccc3cc(-c4c(C5CCCCC5)c5sc(C(=O)O)cc5n4CC(=O)N4CCCC4)ccc3n2)o1. The van der Waals surface area contributed by atoms with Crippen molar-refractivity contribution in [3.05, 3.63) is 58.4 Å². The summed E-state index contributed by atoms with van der Waals surface area (Å²) in [6, 6.07) is 12.1. The number of rotatable bonds is 6. The number of carboxylic acid groups (broad SMARTS) is 1. The van der Waals surface area contributed by atoms with Crippen LogP contribution in [0.3, 0.4) is 0 Å². The highest BCUT2D eigenvalue weighted by molar-refractivity contribution is 7.21. The normalized spacial score (nSPS) is 16.2. The number of pyridine rings is 1. The van der Waals surface area contributed by atoms with Crippen LogP contribution in [0.1, 0.15) is 77.7 Å². The van der Waals surface area contributed by atoms with Gasteiger partial charge in [0.05, 0.1) is 27.1 Å². The van der Waals surface area contributed by atoms with E-state index in [0.717, 1.165) is 95.4 Å². The molecule has 0 bridgehead atoms. The van der Waals surface area contributed by atoms with Crippen LogP contribution >= 0.6 is 11.3 Å². The molecule has 0 spiro atoms. The van der Waals surface area contributed by atoms with Crippen LogP contribution in [0.2, 0.25) is 0 Å². The van der Waals surface area contributed by atoms with Crippen molar-refractivity contribution in [3.63, 3.8) is 0 Å². The molecule has 216 valence electrons. The van der Waals surface area contributed by atoms with E-state index in [1.165, 1.54) is 23.3 Å². The van der Waals surface area contributed by atoms with Gasteiger partial charge in [0.25, 0.3) is 0 Å². The molecule has 1 saturated carbocycles. The lowest BCUT2D eigenvalue weighted by molar-refractivity contribution is -0.130. The predicted molar refractivity (Wildman–Crippen MR) is 164 cm³/mol. The fourth-order valence-corrected chi connectivity index (χ4v) is 7.99. The van der Waals surface area contributed by atoms with Gasteiger partial charge in [-0.1, -0.05) is 31.4 Å². The first kappa shape index (κ1) is 26.9. The van der Waals surface area contributed by atoms with Gasteiger partial charge < -0.3 is 19.0 Å². The van der Waals surface area contributed by atoms with Gasteiger partial charge in [-0.05, 0) is 73.9 Å². The minimum atomic E-state index is -0.922. The Morgan fingerprint density at radius 2 is 1.79 bits per heavy atom. The molecule has 0 atom stereocenters. The molecule has 1 saturated heterocycles. The largest absolute Gasteiger partial charge is 0.477 e. The zero-order chi connectivity index (χ0) is 29.0. The number of hydrogen-bond donors (Lipinski definition) is 1. The minimum absolute atomic E-state index is 0.0914. The topological polar surface area (TPSA) is 101 Å². The molecule has 2 aliphatic rings. The molecule has 5 aromatic rings. The number of fused-ring (bicyclic) bond motifs is 2. The molecule has 8 nitrogen and oxygen atoms in total. The third kappa shape index (κ3) is 4.69. The van der Waals surface area contributed by atoms with Crippen molar-refractivity contribution in [2.24, 2.45) is 0 Å². The van der Waals surface area contributed by atoms with Gasteiger partial charge in [-0.2, -0.15) is 0 Å². The van der Waals surface area contributed by atoms with Gasteiger partial charge in [-0.3, -0.25) is 4.79 Å². The Balaban J connectivity index is 1.40. The van der Waals surface area contributed by atoms with E-state index in [0.29, 0.717) is 22.4 Å². The number of aryl methyl sites for hydroxylation is 2. The van der Waals surface area contributed by atoms with E-state index < -0.39 is 5.97 Å². The number of amides is 1. The Morgan fingerprint density at radius 3 is 2.50 bits per heavy atom. The standard InChI is InChI=1S/C33H34N4O4S/c1-19-31(41-20(2)34-19)25-13-10-22-16-23(11-12-24(22)35-25)30-29(21-8-4-3-5-9-21)32-26(17-27(42-32)33(39)40)37(30)18-28(38)36-14-6-7-15-36/h10-13,16-17,21H,3-9,14-15,18H2,1-2H3,(H,39,40). The van der Waals surface area contributed by atoms with Crippen LogP contribution < -0.4 is 0 Å². The molecule has 1 aliphatic carbocycles. The molecule has 9 heteroatoms. The van der Waals surface area contributed by atoms with Gasteiger partial charge >= 0.3 is 5.97 Å². The van der Waals surface area contributed by atoms with E-state index in [2.05, 4.69) is 27.8 Å². The van der Waals surface area contributed by atoms with Gasteiger partial charge in [0, 0.05) is 25.4 Å². The Bertz CT molecular complexity index is 1840. The van der Waals surface area contributed by atoms with Crippen LogP contribution in [0.25, 0.3) is 43.8 Å². The average molecular weight is 583 g/mol. The van der Waals surface area contributed by atoms with Crippen molar-refractivity contribution >= 4 is 44.3 Å². The van der Waals surface area contributed by atoms with E-state index >= 15 is 0 Å². The number of carboxylic acids is 1. The second-order valence-corrected chi connectivity index (χ2v) is 12.7. The van der Waals surface area contributed by atoms with Crippen molar-refractivity contribution in [2.45, 2.75) is 71.3 Å². The number of aromatic nitrogens is 3. The highest BCUT2D eigenvalue weighted by Gasteiger charge is 2.31. The van der Waals surface area contributed by atoms with Crippen molar-refractivity contribution in [2.75, 3.05) is 13.1 Å². The summed E-state index contributed by atoms with van der Waals surface area (Å²) < 4.78 is 8.93. The molecule has 0 unspecified atom stereocenters. The van der Waals surface area contributed by atoms with Crippen LogP contribution in [0, 0.1) is 13.8 Å². The summed E-state index contributed by atoms with van der Waals surface area (Å²) in [7, 11) is 0. The molecule has 4 aromatic heterocycles. The Hall–Kier alpha value is -3.98. The van der Waals surface area contributed by atoms with Crippen molar-refractivity contribution in [3.8, 4) is 22.7 Å². The number of nitrogens with zero attached hydrogens (tertiary/aromatic N) is 4. The fraction of sp³-hybridized carbons (Fsp3) is 0.394. The van der Waals surface area contributed by atoms with Crippen molar-refractivity contribution in [1.82, 2.24) is 19.4 Å². The molecule has 2 fully saturated rings. The fourth-order valence-electron chi connectivity index (χ4n) is 6.87. The number of thiophene rings is 1. The van der Waals surface area contributed by atoms with Crippen molar-refractivity contribution in [1.29, 1.82) is 0 Å². The van der Waals surface area contributed by atoms with E-state index in [4.69, 9.17) is 9.40 Å². The summed E-state index contributed by atoms with van der Waals surface area (Å²) >= 11 is 1.35. The van der Waals surface area contributed by atoms with Gasteiger partial charge in [0.1, 0.15) is 17.1 Å². The maximum Gasteiger partial charge on any atom is 0.345 e. The van der Waals surface area contributed by atoms with Crippen LogP contribution in [0.5, 0.6) is 0 Å². The van der Waals surface area contributed by atoms with Gasteiger partial charge in [-0.25, -0.2) is 14.8 Å². The first-order chi connectivity index (χ1) is 20.4.